The minimum atomic E-state index is -0.437. The maximum Gasteiger partial charge on any atom is 0.170 e. The molecule has 0 radical (unpaired) electrons. The van der Waals surface area contributed by atoms with Crippen molar-refractivity contribution in [2.24, 2.45) is 17.9 Å². The van der Waals surface area contributed by atoms with Gasteiger partial charge >= 0.3 is 0 Å². The Morgan fingerprint density at radius 2 is 2.30 bits per heavy atom. The van der Waals surface area contributed by atoms with E-state index in [1.165, 1.54) is 12.1 Å². The second-order valence-electron chi connectivity index (χ2n) is 4.44. The van der Waals surface area contributed by atoms with E-state index in [0.29, 0.717) is 12.1 Å². The summed E-state index contributed by atoms with van der Waals surface area (Å²) in [6.45, 7) is 2.30. The van der Waals surface area contributed by atoms with Gasteiger partial charge in [0.1, 0.15) is 5.82 Å². The predicted molar refractivity (Wildman–Crippen MR) is 74.2 cm³/mol. The van der Waals surface area contributed by atoms with Crippen molar-refractivity contribution < 1.29 is 9.60 Å². The molecule has 1 heterocycles. The van der Waals surface area contributed by atoms with Gasteiger partial charge < -0.3 is 16.3 Å². The van der Waals surface area contributed by atoms with Crippen LogP contribution in [-0.4, -0.2) is 20.8 Å². The summed E-state index contributed by atoms with van der Waals surface area (Å²) < 4.78 is 14.9. The highest BCUT2D eigenvalue weighted by molar-refractivity contribution is 5.98. The number of anilines is 1. The van der Waals surface area contributed by atoms with Gasteiger partial charge in [-0.2, -0.15) is 5.10 Å². The van der Waals surface area contributed by atoms with Gasteiger partial charge in [0.2, 0.25) is 0 Å². The Bertz CT molecular complexity index is 650. The zero-order valence-electron chi connectivity index (χ0n) is 11.3. The van der Waals surface area contributed by atoms with Crippen LogP contribution in [0.5, 0.6) is 0 Å². The van der Waals surface area contributed by atoms with E-state index in [9.17, 15) is 4.39 Å². The van der Waals surface area contributed by atoms with Crippen LogP contribution >= 0.6 is 0 Å². The number of benzene rings is 1. The molecule has 0 saturated heterocycles. The summed E-state index contributed by atoms with van der Waals surface area (Å²) in [4.78, 5) is 0. The summed E-state index contributed by atoms with van der Waals surface area (Å²) in [6.07, 6.45) is 1.85. The molecule has 20 heavy (non-hydrogen) atoms. The molecule has 0 bridgehead atoms. The molecular weight excluding hydrogens is 261 g/mol. The quantitative estimate of drug-likeness (QED) is 0.342. The van der Waals surface area contributed by atoms with Crippen LogP contribution in [0.2, 0.25) is 0 Å². The number of halogens is 1. The van der Waals surface area contributed by atoms with Crippen molar-refractivity contribution in [3.8, 4) is 0 Å². The van der Waals surface area contributed by atoms with Gasteiger partial charge in [0.15, 0.2) is 5.84 Å². The Hall–Kier alpha value is -2.57. The Morgan fingerprint density at radius 1 is 1.55 bits per heavy atom. The standard InChI is InChI=1S/C13H16FN5O/c1-8-12(7-19(2)17-8)16-6-9-3-4-10(14)5-11(9)13(15)18-20/h3-5,7,16,20H,6H2,1-2H3,(H2,15,18). The van der Waals surface area contributed by atoms with Crippen LogP contribution in [0, 0.1) is 12.7 Å². The molecule has 0 aliphatic carbocycles. The van der Waals surface area contributed by atoms with Crippen LogP contribution in [0.15, 0.2) is 29.6 Å². The van der Waals surface area contributed by atoms with Crippen molar-refractivity contribution in [2.45, 2.75) is 13.5 Å². The summed E-state index contributed by atoms with van der Waals surface area (Å²) in [7, 11) is 1.83. The number of aromatic nitrogens is 2. The minimum absolute atomic E-state index is 0.121. The zero-order chi connectivity index (χ0) is 14.7. The van der Waals surface area contributed by atoms with Gasteiger partial charge in [0, 0.05) is 25.4 Å². The van der Waals surface area contributed by atoms with Gasteiger partial charge in [-0.1, -0.05) is 11.2 Å². The molecule has 4 N–H and O–H groups in total. The first kappa shape index (κ1) is 13.9. The van der Waals surface area contributed by atoms with E-state index in [1.807, 2.05) is 20.2 Å². The van der Waals surface area contributed by atoms with E-state index in [2.05, 4.69) is 15.6 Å². The van der Waals surface area contributed by atoms with E-state index in [0.717, 1.165) is 16.9 Å². The molecule has 0 amide bonds. The second-order valence-corrected chi connectivity index (χ2v) is 4.44. The van der Waals surface area contributed by atoms with Crippen molar-refractivity contribution in [2.75, 3.05) is 5.32 Å². The first-order chi connectivity index (χ1) is 9.51. The molecular formula is C13H16FN5O. The van der Waals surface area contributed by atoms with E-state index in [1.54, 1.807) is 10.7 Å². The second kappa shape index (κ2) is 5.60. The number of aryl methyl sites for hydroxylation is 2. The largest absolute Gasteiger partial charge is 0.409 e. The zero-order valence-corrected chi connectivity index (χ0v) is 11.3. The fourth-order valence-corrected chi connectivity index (χ4v) is 1.96. The van der Waals surface area contributed by atoms with Crippen LogP contribution < -0.4 is 11.1 Å². The summed E-state index contributed by atoms with van der Waals surface area (Å²) in [5, 5.41) is 19.1. The number of hydrogen-bond acceptors (Lipinski definition) is 4. The van der Waals surface area contributed by atoms with E-state index >= 15 is 0 Å². The molecule has 0 spiro atoms. The SMILES string of the molecule is Cc1nn(C)cc1NCc1ccc(F)cc1/C(N)=N/O. The Kier molecular flexibility index (Phi) is 3.88. The molecule has 1 aromatic carbocycles. The van der Waals surface area contributed by atoms with Gasteiger partial charge in [-0.15, -0.1) is 0 Å². The number of nitrogens with two attached hydrogens (primary N) is 1. The highest BCUT2D eigenvalue weighted by Gasteiger charge is 2.10. The van der Waals surface area contributed by atoms with Crippen LogP contribution in [0.1, 0.15) is 16.8 Å². The van der Waals surface area contributed by atoms with Crippen LogP contribution in [-0.2, 0) is 13.6 Å². The fraction of sp³-hybridized carbons (Fsp3) is 0.231. The number of nitrogens with zero attached hydrogens (tertiary/aromatic N) is 3. The van der Waals surface area contributed by atoms with Crippen LogP contribution in [0.25, 0.3) is 0 Å². The summed E-state index contributed by atoms with van der Waals surface area (Å²) in [5.74, 6) is -0.558. The summed E-state index contributed by atoms with van der Waals surface area (Å²) in [5.41, 5.74) is 8.38. The average molecular weight is 277 g/mol. The molecule has 2 aromatic rings. The number of hydrogen-bond donors (Lipinski definition) is 3. The molecule has 0 fully saturated rings. The molecule has 1 aromatic heterocycles. The molecule has 0 atom stereocenters. The normalized spacial score (nSPS) is 11.7. The van der Waals surface area contributed by atoms with Crippen molar-refractivity contribution in [3.05, 3.63) is 47.0 Å². The molecule has 0 unspecified atom stereocenters. The monoisotopic (exact) mass is 277 g/mol. The van der Waals surface area contributed by atoms with Crippen molar-refractivity contribution >= 4 is 11.5 Å². The molecule has 0 aliphatic heterocycles. The summed E-state index contributed by atoms with van der Waals surface area (Å²) >= 11 is 0. The number of rotatable bonds is 4. The minimum Gasteiger partial charge on any atom is -0.409 e. The highest BCUT2D eigenvalue weighted by Crippen LogP contribution is 2.16. The van der Waals surface area contributed by atoms with E-state index in [-0.39, 0.29) is 5.84 Å². The van der Waals surface area contributed by atoms with Crippen molar-refractivity contribution in [1.29, 1.82) is 0 Å². The summed E-state index contributed by atoms with van der Waals surface area (Å²) in [6, 6.07) is 4.17. The molecule has 2 rings (SSSR count). The van der Waals surface area contributed by atoms with Gasteiger partial charge in [-0.3, -0.25) is 4.68 Å². The third-order valence-electron chi connectivity index (χ3n) is 2.94. The number of oxime groups is 1. The lowest BCUT2D eigenvalue weighted by Gasteiger charge is -2.10. The fourth-order valence-electron chi connectivity index (χ4n) is 1.96. The third kappa shape index (κ3) is 2.87. The first-order valence-electron chi connectivity index (χ1n) is 6.01. The molecule has 0 saturated carbocycles. The maximum absolute atomic E-state index is 13.2. The van der Waals surface area contributed by atoms with Crippen molar-refractivity contribution in [1.82, 2.24) is 9.78 Å². The van der Waals surface area contributed by atoms with Gasteiger partial charge in [-0.05, 0) is 24.6 Å². The number of nitrogens with one attached hydrogen (secondary N) is 1. The predicted octanol–water partition coefficient (Wildman–Crippen LogP) is 1.57. The van der Waals surface area contributed by atoms with E-state index < -0.39 is 5.82 Å². The van der Waals surface area contributed by atoms with E-state index in [4.69, 9.17) is 10.9 Å². The highest BCUT2D eigenvalue weighted by atomic mass is 19.1. The first-order valence-corrected chi connectivity index (χ1v) is 6.01. The maximum atomic E-state index is 13.2. The Morgan fingerprint density at radius 3 is 2.90 bits per heavy atom. The van der Waals surface area contributed by atoms with Crippen LogP contribution in [0.4, 0.5) is 10.1 Å². The lowest BCUT2D eigenvalue weighted by molar-refractivity contribution is 0.318. The van der Waals surface area contributed by atoms with Gasteiger partial charge in [-0.25, -0.2) is 4.39 Å². The third-order valence-corrected chi connectivity index (χ3v) is 2.94. The Balaban J connectivity index is 2.23. The van der Waals surface area contributed by atoms with Crippen LogP contribution in [0.3, 0.4) is 0 Å². The smallest absolute Gasteiger partial charge is 0.170 e. The van der Waals surface area contributed by atoms with Gasteiger partial charge in [0.05, 0.1) is 11.4 Å². The Labute approximate surface area is 115 Å². The lowest BCUT2D eigenvalue weighted by Crippen LogP contribution is -2.17. The van der Waals surface area contributed by atoms with Crippen molar-refractivity contribution in [3.63, 3.8) is 0 Å². The average Bonchev–Trinajstić information content (AvgIpc) is 2.74. The topological polar surface area (TPSA) is 88.5 Å². The molecule has 6 nitrogen and oxygen atoms in total. The number of amidine groups is 1. The molecule has 7 heteroatoms. The lowest BCUT2D eigenvalue weighted by atomic mass is 10.1. The molecule has 0 aliphatic rings. The van der Waals surface area contributed by atoms with Gasteiger partial charge in [0.25, 0.3) is 0 Å². The molecule has 106 valence electrons.